The van der Waals surface area contributed by atoms with E-state index in [1.54, 1.807) is 43.5 Å². The Balaban J connectivity index is 1.55. The zero-order chi connectivity index (χ0) is 19.8. The molecule has 28 heavy (non-hydrogen) atoms. The van der Waals surface area contributed by atoms with E-state index in [4.69, 9.17) is 4.74 Å². The number of ether oxygens (including phenoxy) is 1. The van der Waals surface area contributed by atoms with Gasteiger partial charge in [-0.3, -0.25) is 14.5 Å². The molecular weight excluding hydrogens is 354 g/mol. The predicted octanol–water partition coefficient (Wildman–Crippen LogP) is 3.76. The summed E-state index contributed by atoms with van der Waals surface area (Å²) >= 11 is 0. The van der Waals surface area contributed by atoms with Crippen molar-refractivity contribution in [1.82, 2.24) is 4.90 Å². The van der Waals surface area contributed by atoms with Crippen molar-refractivity contribution in [3.63, 3.8) is 0 Å². The average molecular weight is 381 g/mol. The number of benzene rings is 2. The van der Waals surface area contributed by atoms with Crippen LogP contribution in [0.1, 0.15) is 36.0 Å². The summed E-state index contributed by atoms with van der Waals surface area (Å²) < 4.78 is 5.25. The highest BCUT2D eigenvalue weighted by atomic mass is 16.5. The molecule has 1 saturated heterocycles. The van der Waals surface area contributed by atoms with Gasteiger partial charge in [-0.05, 0) is 62.3 Å². The van der Waals surface area contributed by atoms with Gasteiger partial charge in [0.2, 0.25) is 5.91 Å². The summed E-state index contributed by atoms with van der Waals surface area (Å²) in [4.78, 5) is 26.9. The van der Waals surface area contributed by atoms with Crippen LogP contribution in [0.4, 0.5) is 11.4 Å². The zero-order valence-corrected chi connectivity index (χ0v) is 16.2. The highest BCUT2D eigenvalue weighted by Crippen LogP contribution is 2.23. The van der Waals surface area contributed by atoms with Crippen molar-refractivity contribution in [3.05, 3.63) is 54.1 Å². The Morgan fingerprint density at radius 2 is 1.61 bits per heavy atom. The van der Waals surface area contributed by atoms with Crippen LogP contribution >= 0.6 is 0 Å². The molecule has 0 aromatic heterocycles. The Morgan fingerprint density at radius 3 is 2.29 bits per heavy atom. The largest absolute Gasteiger partial charge is 0.495 e. The lowest BCUT2D eigenvalue weighted by atomic mass is 10.2. The molecule has 2 N–H and O–H groups in total. The van der Waals surface area contributed by atoms with Gasteiger partial charge in [-0.25, -0.2) is 0 Å². The average Bonchev–Trinajstić information content (AvgIpc) is 2.97. The lowest BCUT2D eigenvalue weighted by Gasteiger charge is -2.19. The minimum Gasteiger partial charge on any atom is -0.495 e. The van der Waals surface area contributed by atoms with E-state index in [1.165, 1.54) is 12.8 Å². The van der Waals surface area contributed by atoms with E-state index in [0.29, 0.717) is 29.2 Å². The third-order valence-corrected chi connectivity index (χ3v) is 4.85. The molecule has 6 nitrogen and oxygen atoms in total. The van der Waals surface area contributed by atoms with Crippen LogP contribution in [0.5, 0.6) is 5.75 Å². The minimum absolute atomic E-state index is 0.0203. The van der Waals surface area contributed by atoms with Crippen LogP contribution in [-0.2, 0) is 4.79 Å². The van der Waals surface area contributed by atoms with Gasteiger partial charge in [0.05, 0.1) is 19.3 Å². The van der Waals surface area contributed by atoms with Crippen LogP contribution < -0.4 is 15.4 Å². The monoisotopic (exact) mass is 381 g/mol. The summed E-state index contributed by atoms with van der Waals surface area (Å²) in [6.45, 7) is 2.38. The highest BCUT2D eigenvalue weighted by molar-refractivity contribution is 6.05. The summed E-state index contributed by atoms with van der Waals surface area (Å²) in [5.41, 5.74) is 1.81. The standard InChI is InChI=1S/C22H27N3O3/c1-28-20-9-5-4-8-19(20)24-22(27)17-10-12-18(13-11-17)23-21(26)16-25-14-6-2-3-7-15-25/h4-5,8-13H,2-3,6-7,14-16H2,1H3,(H,23,26)(H,24,27). The molecule has 2 aromatic rings. The molecule has 0 radical (unpaired) electrons. The van der Waals surface area contributed by atoms with Crippen LogP contribution in [0.2, 0.25) is 0 Å². The molecule has 0 bridgehead atoms. The summed E-state index contributed by atoms with van der Waals surface area (Å²) in [6, 6.07) is 14.2. The Hall–Kier alpha value is -2.86. The number of nitrogens with one attached hydrogen (secondary N) is 2. The minimum atomic E-state index is -0.230. The zero-order valence-electron chi connectivity index (χ0n) is 16.2. The first kappa shape index (κ1) is 19.9. The Bertz CT molecular complexity index is 797. The van der Waals surface area contributed by atoms with Crippen molar-refractivity contribution in [2.75, 3.05) is 37.4 Å². The third kappa shape index (κ3) is 5.57. The fourth-order valence-corrected chi connectivity index (χ4v) is 3.35. The fraction of sp³-hybridized carbons (Fsp3) is 0.364. The van der Waals surface area contributed by atoms with Crippen LogP contribution in [0.25, 0.3) is 0 Å². The normalized spacial score (nSPS) is 14.8. The lowest BCUT2D eigenvalue weighted by molar-refractivity contribution is -0.117. The van der Waals surface area contributed by atoms with Crippen LogP contribution in [0.3, 0.4) is 0 Å². The topological polar surface area (TPSA) is 70.7 Å². The van der Waals surface area contributed by atoms with Crippen molar-refractivity contribution in [2.24, 2.45) is 0 Å². The molecule has 0 atom stereocenters. The van der Waals surface area contributed by atoms with Gasteiger partial charge < -0.3 is 15.4 Å². The molecule has 1 heterocycles. The number of nitrogens with zero attached hydrogens (tertiary/aromatic N) is 1. The SMILES string of the molecule is COc1ccccc1NC(=O)c1ccc(NC(=O)CN2CCCCCC2)cc1. The van der Waals surface area contributed by atoms with Crippen LogP contribution in [-0.4, -0.2) is 43.5 Å². The first-order valence-electron chi connectivity index (χ1n) is 9.72. The molecule has 148 valence electrons. The third-order valence-electron chi connectivity index (χ3n) is 4.85. The molecule has 1 fully saturated rings. The molecule has 3 rings (SSSR count). The second kappa shape index (κ2) is 9.90. The molecule has 2 aromatic carbocycles. The van der Waals surface area contributed by atoms with Crippen molar-refractivity contribution in [1.29, 1.82) is 0 Å². The number of amides is 2. The van der Waals surface area contributed by atoms with Gasteiger partial charge in [-0.1, -0.05) is 25.0 Å². The van der Waals surface area contributed by atoms with Gasteiger partial charge in [0.1, 0.15) is 5.75 Å². The number of methoxy groups -OCH3 is 1. The molecule has 2 amide bonds. The first-order chi connectivity index (χ1) is 13.7. The van der Waals surface area contributed by atoms with Gasteiger partial charge in [0.15, 0.2) is 0 Å². The summed E-state index contributed by atoms with van der Waals surface area (Å²) in [7, 11) is 1.56. The summed E-state index contributed by atoms with van der Waals surface area (Å²) in [6.07, 6.45) is 4.81. The lowest BCUT2D eigenvalue weighted by Crippen LogP contribution is -2.33. The quantitative estimate of drug-likeness (QED) is 0.799. The molecule has 6 heteroatoms. The van der Waals surface area contributed by atoms with Gasteiger partial charge in [0.25, 0.3) is 5.91 Å². The van der Waals surface area contributed by atoms with E-state index in [-0.39, 0.29) is 11.8 Å². The van der Waals surface area contributed by atoms with E-state index in [0.717, 1.165) is 25.9 Å². The molecule has 1 aliphatic heterocycles. The van der Waals surface area contributed by atoms with E-state index >= 15 is 0 Å². The number of carbonyl (C=O) groups is 2. The molecule has 0 saturated carbocycles. The van der Waals surface area contributed by atoms with Crippen molar-refractivity contribution >= 4 is 23.2 Å². The molecule has 0 unspecified atom stereocenters. The first-order valence-corrected chi connectivity index (χ1v) is 9.72. The fourth-order valence-electron chi connectivity index (χ4n) is 3.35. The van der Waals surface area contributed by atoms with E-state index in [2.05, 4.69) is 15.5 Å². The van der Waals surface area contributed by atoms with Crippen LogP contribution in [0.15, 0.2) is 48.5 Å². The summed E-state index contributed by atoms with van der Waals surface area (Å²) in [5, 5.41) is 5.75. The number of para-hydroxylation sites is 2. The van der Waals surface area contributed by atoms with E-state index < -0.39 is 0 Å². The predicted molar refractivity (Wildman–Crippen MR) is 111 cm³/mol. The number of carbonyl (C=O) groups excluding carboxylic acids is 2. The van der Waals surface area contributed by atoms with Gasteiger partial charge in [-0.2, -0.15) is 0 Å². The molecule has 1 aliphatic rings. The number of hydrogen-bond donors (Lipinski definition) is 2. The number of rotatable bonds is 6. The maximum Gasteiger partial charge on any atom is 0.255 e. The Morgan fingerprint density at radius 1 is 0.929 bits per heavy atom. The highest BCUT2D eigenvalue weighted by Gasteiger charge is 2.14. The maximum absolute atomic E-state index is 12.5. The second-order valence-electron chi connectivity index (χ2n) is 6.97. The smallest absolute Gasteiger partial charge is 0.255 e. The molecule has 0 aliphatic carbocycles. The van der Waals surface area contributed by atoms with Gasteiger partial charge >= 0.3 is 0 Å². The van der Waals surface area contributed by atoms with E-state index in [1.807, 2.05) is 12.1 Å². The summed E-state index contributed by atoms with van der Waals surface area (Å²) in [5.74, 6) is 0.355. The number of likely N-dealkylation sites (tertiary alicyclic amines) is 1. The van der Waals surface area contributed by atoms with Crippen LogP contribution in [0, 0.1) is 0 Å². The van der Waals surface area contributed by atoms with Gasteiger partial charge in [-0.15, -0.1) is 0 Å². The molecule has 0 spiro atoms. The maximum atomic E-state index is 12.5. The van der Waals surface area contributed by atoms with Crippen molar-refractivity contribution < 1.29 is 14.3 Å². The Labute approximate surface area is 165 Å². The second-order valence-corrected chi connectivity index (χ2v) is 6.97. The Kier molecular flexibility index (Phi) is 7.03. The number of anilines is 2. The van der Waals surface area contributed by atoms with Crippen molar-refractivity contribution in [3.8, 4) is 5.75 Å². The van der Waals surface area contributed by atoms with Crippen molar-refractivity contribution in [2.45, 2.75) is 25.7 Å². The van der Waals surface area contributed by atoms with E-state index in [9.17, 15) is 9.59 Å². The molecular formula is C22H27N3O3. The number of hydrogen-bond acceptors (Lipinski definition) is 4. The van der Waals surface area contributed by atoms with Gasteiger partial charge in [0, 0.05) is 11.3 Å².